The van der Waals surface area contributed by atoms with Crippen molar-refractivity contribution in [2.24, 2.45) is 5.73 Å². The molecule has 32 heavy (non-hydrogen) atoms. The highest BCUT2D eigenvalue weighted by molar-refractivity contribution is 9.10. The second-order valence-electron chi connectivity index (χ2n) is 8.31. The van der Waals surface area contributed by atoms with E-state index in [0.29, 0.717) is 12.6 Å². The number of nitrogens with two attached hydrogens (primary N) is 1. The smallest absolute Gasteiger partial charge is 0.407 e. The first-order valence-corrected chi connectivity index (χ1v) is 12.3. The Hall–Kier alpha value is -2.15. The van der Waals surface area contributed by atoms with Crippen LogP contribution >= 0.6 is 31.9 Å². The van der Waals surface area contributed by atoms with Crippen LogP contribution < -0.4 is 11.1 Å². The van der Waals surface area contributed by atoms with E-state index in [9.17, 15) is 4.79 Å². The zero-order chi connectivity index (χ0) is 22.5. The maximum atomic E-state index is 11.8. The number of fused-ring (bicyclic) bond motifs is 2. The summed E-state index contributed by atoms with van der Waals surface area (Å²) < 4.78 is 7.49. The third-order valence-corrected chi connectivity index (χ3v) is 6.75. The first-order valence-electron chi connectivity index (χ1n) is 10.7. The van der Waals surface area contributed by atoms with Gasteiger partial charge in [-0.05, 0) is 77.8 Å². The number of alkyl carbamates (subject to hydrolysis) is 1. The van der Waals surface area contributed by atoms with Gasteiger partial charge in [-0.25, -0.2) is 4.79 Å². The number of carbonyl (C=O) groups is 1. The van der Waals surface area contributed by atoms with Gasteiger partial charge in [0.2, 0.25) is 0 Å². The number of hydrogen-bond acceptors (Lipinski definition) is 3. The van der Waals surface area contributed by atoms with Crippen LogP contribution in [-0.2, 0) is 37.0 Å². The van der Waals surface area contributed by atoms with Gasteiger partial charge in [-0.1, -0.05) is 74.3 Å². The normalized spacial score (nSPS) is 18.2. The number of rotatable bonds is 3. The number of nitrogens with one attached hydrogen (secondary N) is 1. The molecule has 5 rings (SSSR count). The summed E-state index contributed by atoms with van der Waals surface area (Å²) >= 11 is 6.92. The van der Waals surface area contributed by atoms with Crippen molar-refractivity contribution >= 4 is 38.0 Å². The van der Waals surface area contributed by atoms with Crippen molar-refractivity contribution in [2.45, 2.75) is 44.4 Å². The van der Waals surface area contributed by atoms with Crippen LogP contribution in [0.25, 0.3) is 0 Å². The second kappa shape index (κ2) is 10.6. The lowest BCUT2D eigenvalue weighted by molar-refractivity contribution is 0.136. The van der Waals surface area contributed by atoms with Crippen molar-refractivity contribution in [1.29, 1.82) is 0 Å². The molecular weight excluding hydrogens is 532 g/mol. The topological polar surface area (TPSA) is 64.4 Å². The van der Waals surface area contributed by atoms with Crippen molar-refractivity contribution in [1.82, 2.24) is 5.32 Å². The minimum absolute atomic E-state index is 0.123. The molecule has 2 aliphatic carbocycles. The summed E-state index contributed by atoms with van der Waals surface area (Å²) in [5.74, 6) is 0. The van der Waals surface area contributed by atoms with E-state index >= 15 is 0 Å². The Labute approximate surface area is 205 Å². The highest BCUT2D eigenvalue weighted by Crippen LogP contribution is 2.26. The van der Waals surface area contributed by atoms with Gasteiger partial charge in [0.1, 0.15) is 6.61 Å². The predicted molar refractivity (Wildman–Crippen MR) is 135 cm³/mol. The molecule has 0 saturated heterocycles. The first kappa shape index (κ1) is 23.0. The summed E-state index contributed by atoms with van der Waals surface area (Å²) in [5, 5.41) is 2.94. The summed E-state index contributed by atoms with van der Waals surface area (Å²) in [6.45, 7) is 0.303. The summed E-state index contributed by atoms with van der Waals surface area (Å²) in [4.78, 5) is 11.8. The van der Waals surface area contributed by atoms with E-state index in [-0.39, 0.29) is 12.1 Å². The molecule has 0 spiro atoms. The molecule has 0 aliphatic heterocycles. The van der Waals surface area contributed by atoms with Crippen molar-refractivity contribution in [3.05, 3.63) is 103 Å². The van der Waals surface area contributed by atoms with Crippen LogP contribution in [0.3, 0.4) is 0 Å². The summed E-state index contributed by atoms with van der Waals surface area (Å²) in [6, 6.07) is 22.8. The van der Waals surface area contributed by atoms with E-state index in [1.807, 2.05) is 36.4 Å². The molecule has 3 aromatic carbocycles. The van der Waals surface area contributed by atoms with Crippen molar-refractivity contribution in [2.75, 3.05) is 0 Å². The standard InChI is InChI=1S/C17H16BrNO2.C9H10BrN/c18-15-7-6-13-9-16(10-14(13)8-15)19-17(20)21-11-12-4-2-1-3-5-12;10-8-2-1-6-4-9(11)5-7(6)3-8/h1-8,16H,9-11H2,(H,19,20);1-3,9H,4-5,11H2/t16-;9-/m00/s1. The van der Waals surface area contributed by atoms with Gasteiger partial charge < -0.3 is 15.8 Å². The third-order valence-electron chi connectivity index (χ3n) is 5.77. The molecule has 0 aromatic heterocycles. The molecule has 4 nitrogen and oxygen atoms in total. The molecule has 0 bridgehead atoms. The van der Waals surface area contributed by atoms with E-state index in [2.05, 4.69) is 67.5 Å². The zero-order valence-electron chi connectivity index (χ0n) is 17.7. The molecule has 1 amide bonds. The number of hydrogen-bond donors (Lipinski definition) is 2. The van der Waals surface area contributed by atoms with Crippen molar-refractivity contribution in [3.63, 3.8) is 0 Å². The van der Waals surface area contributed by atoms with Crippen LogP contribution in [0.5, 0.6) is 0 Å². The number of ether oxygens (including phenoxy) is 1. The van der Waals surface area contributed by atoms with Gasteiger partial charge in [0.05, 0.1) is 0 Å². The quantitative estimate of drug-likeness (QED) is 0.433. The second-order valence-corrected chi connectivity index (χ2v) is 10.1. The maximum absolute atomic E-state index is 11.8. The molecule has 6 heteroatoms. The van der Waals surface area contributed by atoms with Gasteiger partial charge in [-0.2, -0.15) is 0 Å². The molecule has 2 atom stereocenters. The minimum Gasteiger partial charge on any atom is -0.445 e. The highest BCUT2D eigenvalue weighted by atomic mass is 79.9. The number of halogens is 2. The predicted octanol–water partition coefficient (Wildman–Crippen LogP) is 5.72. The van der Waals surface area contributed by atoms with Crippen LogP contribution in [0.1, 0.15) is 27.8 Å². The fourth-order valence-electron chi connectivity index (χ4n) is 4.24. The lowest BCUT2D eigenvalue weighted by atomic mass is 10.1. The average Bonchev–Trinajstić information content (AvgIpc) is 3.34. The number of amides is 1. The fourth-order valence-corrected chi connectivity index (χ4v) is 5.06. The van der Waals surface area contributed by atoms with Gasteiger partial charge >= 0.3 is 6.09 Å². The Balaban J connectivity index is 0.000000186. The number of benzene rings is 3. The molecule has 166 valence electrons. The monoisotopic (exact) mass is 556 g/mol. The molecule has 3 aromatic rings. The Bertz CT molecular complexity index is 1090. The van der Waals surface area contributed by atoms with Gasteiger partial charge in [-0.15, -0.1) is 0 Å². The first-order chi connectivity index (χ1) is 15.5. The third kappa shape index (κ3) is 6.21. The summed E-state index contributed by atoms with van der Waals surface area (Å²) in [5.41, 5.74) is 12.2. The van der Waals surface area contributed by atoms with Gasteiger partial charge in [0.25, 0.3) is 0 Å². The van der Waals surface area contributed by atoms with E-state index < -0.39 is 0 Å². The Morgan fingerprint density at radius 3 is 2.09 bits per heavy atom. The lowest BCUT2D eigenvalue weighted by Gasteiger charge is -2.12. The van der Waals surface area contributed by atoms with Crippen LogP contribution in [0.2, 0.25) is 0 Å². The van der Waals surface area contributed by atoms with Crippen molar-refractivity contribution in [3.8, 4) is 0 Å². The Morgan fingerprint density at radius 1 is 0.844 bits per heavy atom. The largest absolute Gasteiger partial charge is 0.445 e. The lowest BCUT2D eigenvalue weighted by Crippen LogP contribution is -2.35. The summed E-state index contributed by atoms with van der Waals surface area (Å²) in [6.07, 6.45) is 3.45. The number of carbonyl (C=O) groups excluding carboxylic acids is 1. The Kier molecular flexibility index (Phi) is 7.66. The minimum atomic E-state index is -0.351. The van der Waals surface area contributed by atoms with E-state index in [1.54, 1.807) is 0 Å². The summed E-state index contributed by atoms with van der Waals surface area (Å²) in [7, 11) is 0. The average molecular weight is 558 g/mol. The molecule has 0 unspecified atom stereocenters. The van der Waals surface area contributed by atoms with E-state index in [4.69, 9.17) is 10.5 Å². The molecule has 0 heterocycles. The zero-order valence-corrected chi connectivity index (χ0v) is 20.9. The highest BCUT2D eigenvalue weighted by Gasteiger charge is 2.23. The molecule has 0 saturated carbocycles. The van der Waals surface area contributed by atoms with Gasteiger partial charge in [0, 0.05) is 21.0 Å². The molecule has 2 aliphatic rings. The van der Waals surface area contributed by atoms with Crippen LogP contribution in [0.4, 0.5) is 4.79 Å². The van der Waals surface area contributed by atoms with Crippen molar-refractivity contribution < 1.29 is 9.53 Å². The van der Waals surface area contributed by atoms with Crippen LogP contribution in [-0.4, -0.2) is 18.2 Å². The molecule has 3 N–H and O–H groups in total. The van der Waals surface area contributed by atoms with Gasteiger partial charge in [0.15, 0.2) is 0 Å². The Morgan fingerprint density at radius 2 is 1.41 bits per heavy atom. The van der Waals surface area contributed by atoms with Gasteiger partial charge in [-0.3, -0.25) is 0 Å². The molecule has 0 radical (unpaired) electrons. The van der Waals surface area contributed by atoms with Crippen LogP contribution in [0.15, 0.2) is 75.7 Å². The van der Waals surface area contributed by atoms with Crippen LogP contribution in [0, 0.1) is 0 Å². The molecular formula is C26H26Br2N2O2. The maximum Gasteiger partial charge on any atom is 0.407 e. The van der Waals surface area contributed by atoms with E-state index in [0.717, 1.165) is 40.2 Å². The molecule has 0 fully saturated rings. The van der Waals surface area contributed by atoms with E-state index in [1.165, 1.54) is 22.3 Å². The fraction of sp³-hybridized carbons (Fsp3) is 0.269. The SMILES string of the molecule is N[C@H]1Cc2ccc(Br)cc2C1.O=C(N[C@H]1Cc2ccc(Br)cc2C1)OCc1ccccc1.